The highest BCUT2D eigenvalue weighted by molar-refractivity contribution is 5.94. The van der Waals surface area contributed by atoms with Crippen molar-refractivity contribution in [3.8, 4) is 17.2 Å². The normalized spacial score (nSPS) is 10.4. The van der Waals surface area contributed by atoms with Gasteiger partial charge in [0.15, 0.2) is 11.5 Å². The molecule has 2 aromatic carbocycles. The summed E-state index contributed by atoms with van der Waals surface area (Å²) in [6.45, 7) is 5.61. The van der Waals surface area contributed by atoms with E-state index >= 15 is 0 Å². The lowest BCUT2D eigenvalue weighted by molar-refractivity contribution is 0.0946. The number of amides is 1. The molecule has 5 nitrogen and oxygen atoms in total. The summed E-state index contributed by atoms with van der Waals surface area (Å²) in [5.74, 6) is 2.42. The maximum atomic E-state index is 12.1. The molecule has 0 aromatic heterocycles. The minimum atomic E-state index is -0.140. The quantitative estimate of drug-likeness (QED) is 0.708. The second-order valence-corrected chi connectivity index (χ2v) is 5.98. The summed E-state index contributed by atoms with van der Waals surface area (Å²) in [5, 5.41) is 2.83. The van der Waals surface area contributed by atoms with Crippen molar-refractivity contribution < 1.29 is 19.0 Å². The van der Waals surface area contributed by atoms with Crippen molar-refractivity contribution in [2.24, 2.45) is 5.92 Å². The molecule has 1 N–H and O–H groups in total. The third-order valence-corrected chi connectivity index (χ3v) is 3.41. The Morgan fingerprint density at radius 3 is 2.32 bits per heavy atom. The molecule has 134 valence electrons. The van der Waals surface area contributed by atoms with Crippen LogP contribution < -0.4 is 19.5 Å². The Labute approximate surface area is 148 Å². The lowest BCUT2D eigenvalue weighted by Crippen LogP contribution is -2.28. The number of carbonyl (C=O) groups is 1. The molecule has 0 unspecified atom stereocenters. The van der Waals surface area contributed by atoms with Crippen molar-refractivity contribution in [3.63, 3.8) is 0 Å². The summed E-state index contributed by atoms with van der Waals surface area (Å²) in [6.07, 6.45) is 0. The SMILES string of the molecule is COc1ccccc1OCCNC(=O)c1ccc(OCC(C)C)cc1. The second kappa shape index (κ2) is 9.57. The van der Waals surface area contributed by atoms with E-state index in [1.54, 1.807) is 19.2 Å². The van der Waals surface area contributed by atoms with Gasteiger partial charge in [-0.25, -0.2) is 0 Å². The van der Waals surface area contributed by atoms with Crippen LogP contribution in [0.15, 0.2) is 48.5 Å². The zero-order chi connectivity index (χ0) is 18.1. The van der Waals surface area contributed by atoms with Gasteiger partial charge in [0.1, 0.15) is 12.4 Å². The van der Waals surface area contributed by atoms with Gasteiger partial charge in [-0.3, -0.25) is 4.79 Å². The fraction of sp³-hybridized carbons (Fsp3) is 0.350. The van der Waals surface area contributed by atoms with E-state index in [2.05, 4.69) is 19.2 Å². The molecule has 0 spiro atoms. The summed E-state index contributed by atoms with van der Waals surface area (Å²) >= 11 is 0. The minimum absolute atomic E-state index is 0.140. The summed E-state index contributed by atoms with van der Waals surface area (Å²) in [6, 6.07) is 14.5. The first-order valence-corrected chi connectivity index (χ1v) is 8.37. The average Bonchev–Trinajstić information content (AvgIpc) is 2.64. The van der Waals surface area contributed by atoms with Gasteiger partial charge in [0.25, 0.3) is 5.91 Å². The molecule has 0 heterocycles. The van der Waals surface area contributed by atoms with E-state index in [0.717, 1.165) is 5.75 Å². The van der Waals surface area contributed by atoms with Crippen molar-refractivity contribution in [3.05, 3.63) is 54.1 Å². The summed E-state index contributed by atoms with van der Waals surface area (Å²) in [5.41, 5.74) is 0.592. The van der Waals surface area contributed by atoms with Crippen molar-refractivity contribution in [1.82, 2.24) is 5.32 Å². The Morgan fingerprint density at radius 1 is 1.00 bits per heavy atom. The van der Waals surface area contributed by atoms with E-state index in [1.807, 2.05) is 36.4 Å². The standard InChI is InChI=1S/C20H25NO4/c1-15(2)14-25-17-10-8-16(9-11-17)20(22)21-12-13-24-19-7-5-4-6-18(19)23-3/h4-11,15H,12-14H2,1-3H3,(H,21,22). The molecule has 0 aliphatic carbocycles. The van der Waals surface area contributed by atoms with Crippen LogP contribution in [0.1, 0.15) is 24.2 Å². The predicted molar refractivity (Wildman–Crippen MR) is 97.6 cm³/mol. The van der Waals surface area contributed by atoms with Crippen LogP contribution in [0.4, 0.5) is 0 Å². The maximum absolute atomic E-state index is 12.1. The first kappa shape index (κ1) is 18.6. The molecule has 0 saturated heterocycles. The Hall–Kier alpha value is -2.69. The highest BCUT2D eigenvalue weighted by atomic mass is 16.5. The molecule has 0 fully saturated rings. The van der Waals surface area contributed by atoms with Crippen molar-refractivity contribution in [1.29, 1.82) is 0 Å². The van der Waals surface area contributed by atoms with Gasteiger partial charge >= 0.3 is 0 Å². The zero-order valence-electron chi connectivity index (χ0n) is 15.0. The van der Waals surface area contributed by atoms with Gasteiger partial charge in [0, 0.05) is 5.56 Å². The van der Waals surface area contributed by atoms with E-state index < -0.39 is 0 Å². The van der Waals surface area contributed by atoms with E-state index in [4.69, 9.17) is 14.2 Å². The molecule has 5 heteroatoms. The number of carbonyl (C=O) groups excluding carboxylic acids is 1. The molecule has 0 atom stereocenters. The fourth-order valence-electron chi connectivity index (χ4n) is 2.13. The number of para-hydroxylation sites is 2. The average molecular weight is 343 g/mol. The number of ether oxygens (including phenoxy) is 3. The van der Waals surface area contributed by atoms with E-state index in [-0.39, 0.29) is 5.91 Å². The number of nitrogens with one attached hydrogen (secondary N) is 1. The zero-order valence-corrected chi connectivity index (χ0v) is 15.0. The molecule has 1 amide bonds. The maximum Gasteiger partial charge on any atom is 0.251 e. The molecular formula is C20H25NO4. The number of benzene rings is 2. The number of hydrogen-bond donors (Lipinski definition) is 1. The Bertz CT molecular complexity index is 668. The van der Waals surface area contributed by atoms with E-state index in [0.29, 0.717) is 42.7 Å². The molecule has 2 aromatic rings. The topological polar surface area (TPSA) is 56.8 Å². The van der Waals surface area contributed by atoms with Crippen LogP contribution in [-0.2, 0) is 0 Å². The van der Waals surface area contributed by atoms with Gasteiger partial charge in [-0.15, -0.1) is 0 Å². The number of rotatable bonds is 9. The predicted octanol–water partition coefficient (Wildman–Crippen LogP) is 3.54. The molecule has 2 rings (SSSR count). The molecule has 0 aliphatic heterocycles. The monoisotopic (exact) mass is 343 g/mol. The van der Waals surface area contributed by atoms with Gasteiger partial charge in [-0.05, 0) is 42.3 Å². The first-order valence-electron chi connectivity index (χ1n) is 8.37. The Kier molecular flexibility index (Phi) is 7.14. The van der Waals surface area contributed by atoms with E-state index in [1.165, 1.54) is 0 Å². The highest BCUT2D eigenvalue weighted by Gasteiger charge is 2.06. The van der Waals surface area contributed by atoms with Crippen LogP contribution in [-0.4, -0.2) is 32.8 Å². The smallest absolute Gasteiger partial charge is 0.251 e. The van der Waals surface area contributed by atoms with Crippen LogP contribution in [0.3, 0.4) is 0 Å². The third kappa shape index (κ3) is 6.03. The van der Waals surface area contributed by atoms with Crippen molar-refractivity contribution in [2.75, 3.05) is 26.9 Å². The van der Waals surface area contributed by atoms with Crippen LogP contribution in [0.2, 0.25) is 0 Å². The number of hydrogen-bond acceptors (Lipinski definition) is 4. The Balaban J connectivity index is 1.76. The van der Waals surface area contributed by atoms with E-state index in [9.17, 15) is 4.79 Å². The van der Waals surface area contributed by atoms with Gasteiger partial charge in [0.2, 0.25) is 0 Å². The van der Waals surface area contributed by atoms with Crippen molar-refractivity contribution >= 4 is 5.91 Å². The van der Waals surface area contributed by atoms with Crippen molar-refractivity contribution in [2.45, 2.75) is 13.8 Å². The van der Waals surface area contributed by atoms with Gasteiger partial charge in [-0.1, -0.05) is 26.0 Å². The van der Waals surface area contributed by atoms with Crippen LogP contribution in [0.25, 0.3) is 0 Å². The highest BCUT2D eigenvalue weighted by Crippen LogP contribution is 2.25. The van der Waals surface area contributed by atoms with Gasteiger partial charge in [-0.2, -0.15) is 0 Å². The largest absolute Gasteiger partial charge is 0.493 e. The molecule has 0 bridgehead atoms. The first-order chi connectivity index (χ1) is 12.1. The molecule has 25 heavy (non-hydrogen) atoms. The number of methoxy groups -OCH3 is 1. The summed E-state index contributed by atoms with van der Waals surface area (Å²) in [4.78, 5) is 12.1. The Morgan fingerprint density at radius 2 is 1.68 bits per heavy atom. The van der Waals surface area contributed by atoms with Gasteiger partial charge < -0.3 is 19.5 Å². The lowest BCUT2D eigenvalue weighted by Gasteiger charge is -2.11. The minimum Gasteiger partial charge on any atom is -0.493 e. The summed E-state index contributed by atoms with van der Waals surface area (Å²) < 4.78 is 16.5. The molecule has 0 saturated carbocycles. The van der Waals surface area contributed by atoms with Gasteiger partial charge in [0.05, 0.1) is 20.3 Å². The fourth-order valence-corrected chi connectivity index (χ4v) is 2.13. The van der Waals surface area contributed by atoms with Crippen LogP contribution in [0, 0.1) is 5.92 Å². The molecule has 0 aliphatic rings. The molecular weight excluding hydrogens is 318 g/mol. The third-order valence-electron chi connectivity index (χ3n) is 3.41. The molecule has 0 radical (unpaired) electrons. The van der Waals surface area contributed by atoms with Crippen LogP contribution in [0.5, 0.6) is 17.2 Å². The second-order valence-electron chi connectivity index (χ2n) is 5.98. The van der Waals surface area contributed by atoms with Crippen LogP contribution >= 0.6 is 0 Å². The summed E-state index contributed by atoms with van der Waals surface area (Å²) in [7, 11) is 1.60. The lowest BCUT2D eigenvalue weighted by atomic mass is 10.2.